The van der Waals surface area contributed by atoms with Crippen LogP contribution in [0.1, 0.15) is 19.8 Å². The molecule has 1 saturated carbocycles. The molecule has 0 radical (unpaired) electrons. The first-order chi connectivity index (χ1) is 6.13. The summed E-state index contributed by atoms with van der Waals surface area (Å²) in [6, 6.07) is -0.283. The van der Waals surface area contributed by atoms with Gasteiger partial charge in [0.2, 0.25) is 0 Å². The Labute approximate surface area is 78.3 Å². The molecule has 1 fully saturated rings. The fourth-order valence-electron chi connectivity index (χ4n) is 1.20. The number of carbonyl (C=O) groups is 1. The Bertz CT molecular complexity index is 189. The number of aliphatic hydroxyl groups is 1. The molecule has 1 unspecified atom stereocenters. The maximum Gasteiger partial charge on any atom is 0.322 e. The highest BCUT2D eigenvalue weighted by molar-refractivity contribution is 5.75. The van der Waals surface area contributed by atoms with Crippen molar-refractivity contribution in [2.45, 2.75) is 25.8 Å². The molecular weight excluding hydrogens is 170 g/mol. The van der Waals surface area contributed by atoms with Crippen molar-refractivity contribution in [1.29, 1.82) is 0 Å². The summed E-state index contributed by atoms with van der Waals surface area (Å²) in [5.74, 6) is -0.256. The van der Waals surface area contributed by atoms with Gasteiger partial charge in [-0.05, 0) is 19.8 Å². The van der Waals surface area contributed by atoms with Gasteiger partial charge in [-0.15, -0.1) is 0 Å². The second kappa shape index (κ2) is 4.07. The summed E-state index contributed by atoms with van der Waals surface area (Å²) >= 11 is 0. The van der Waals surface area contributed by atoms with E-state index in [1.165, 1.54) is 7.11 Å². The van der Waals surface area contributed by atoms with E-state index in [9.17, 15) is 4.79 Å². The molecule has 13 heavy (non-hydrogen) atoms. The molecule has 1 aliphatic rings. The van der Waals surface area contributed by atoms with Crippen LogP contribution in [-0.4, -0.2) is 37.4 Å². The highest BCUT2D eigenvalue weighted by Crippen LogP contribution is 2.44. The molecule has 4 nitrogen and oxygen atoms in total. The monoisotopic (exact) mass is 187 g/mol. The van der Waals surface area contributed by atoms with Gasteiger partial charge in [0.15, 0.2) is 0 Å². The van der Waals surface area contributed by atoms with Crippen LogP contribution in [-0.2, 0) is 9.53 Å². The minimum atomic E-state index is -0.283. The van der Waals surface area contributed by atoms with Crippen LogP contribution in [0, 0.1) is 5.41 Å². The van der Waals surface area contributed by atoms with Crippen LogP contribution in [0.2, 0.25) is 0 Å². The van der Waals surface area contributed by atoms with Crippen molar-refractivity contribution in [2.75, 3.05) is 20.3 Å². The maximum atomic E-state index is 11.0. The van der Waals surface area contributed by atoms with E-state index in [4.69, 9.17) is 5.11 Å². The van der Waals surface area contributed by atoms with E-state index in [-0.39, 0.29) is 24.0 Å². The van der Waals surface area contributed by atoms with Crippen LogP contribution in [0.25, 0.3) is 0 Å². The zero-order valence-electron chi connectivity index (χ0n) is 8.17. The largest absolute Gasteiger partial charge is 0.468 e. The standard InChI is InChI=1S/C9H17NO3/c1-7(8(12)13-2)10-5-9(6-11)3-4-9/h7,10-11H,3-6H2,1-2H3. The molecule has 1 aliphatic carbocycles. The predicted octanol–water partition coefficient (Wildman–Crippen LogP) is -0.0900. The Morgan fingerprint density at radius 2 is 2.31 bits per heavy atom. The number of rotatable bonds is 5. The molecule has 4 heteroatoms. The van der Waals surface area contributed by atoms with E-state index < -0.39 is 0 Å². The quantitative estimate of drug-likeness (QED) is 0.591. The fourth-order valence-corrected chi connectivity index (χ4v) is 1.20. The molecule has 0 aromatic rings. The molecular formula is C9H17NO3. The molecule has 1 rings (SSSR count). The van der Waals surface area contributed by atoms with Gasteiger partial charge < -0.3 is 15.2 Å². The summed E-state index contributed by atoms with van der Waals surface area (Å²) in [6.45, 7) is 2.66. The number of ether oxygens (including phenoxy) is 1. The summed E-state index contributed by atoms with van der Waals surface area (Å²) in [5, 5.41) is 12.1. The lowest BCUT2D eigenvalue weighted by atomic mass is 10.1. The number of esters is 1. The minimum Gasteiger partial charge on any atom is -0.468 e. The number of carbonyl (C=O) groups excluding carboxylic acids is 1. The molecule has 0 spiro atoms. The Hall–Kier alpha value is -0.610. The van der Waals surface area contributed by atoms with Gasteiger partial charge in [-0.25, -0.2) is 0 Å². The van der Waals surface area contributed by atoms with E-state index in [1.54, 1.807) is 6.92 Å². The Morgan fingerprint density at radius 1 is 1.69 bits per heavy atom. The van der Waals surface area contributed by atoms with E-state index >= 15 is 0 Å². The van der Waals surface area contributed by atoms with Crippen LogP contribution in [0.15, 0.2) is 0 Å². The van der Waals surface area contributed by atoms with Crippen molar-refractivity contribution in [2.24, 2.45) is 5.41 Å². The van der Waals surface area contributed by atoms with E-state index in [0.717, 1.165) is 12.8 Å². The van der Waals surface area contributed by atoms with Crippen LogP contribution in [0.4, 0.5) is 0 Å². The van der Waals surface area contributed by atoms with Gasteiger partial charge in [0, 0.05) is 18.6 Å². The van der Waals surface area contributed by atoms with E-state index in [0.29, 0.717) is 6.54 Å². The van der Waals surface area contributed by atoms with Crippen molar-refractivity contribution in [3.05, 3.63) is 0 Å². The van der Waals surface area contributed by atoms with E-state index in [1.807, 2.05) is 0 Å². The predicted molar refractivity (Wildman–Crippen MR) is 48.2 cm³/mol. The van der Waals surface area contributed by atoms with Gasteiger partial charge in [0.25, 0.3) is 0 Å². The average Bonchev–Trinajstić information content (AvgIpc) is 2.93. The molecule has 1 atom stereocenters. The van der Waals surface area contributed by atoms with Gasteiger partial charge in [0.1, 0.15) is 6.04 Å². The van der Waals surface area contributed by atoms with Crippen molar-refractivity contribution in [1.82, 2.24) is 5.32 Å². The van der Waals surface area contributed by atoms with Crippen molar-refractivity contribution >= 4 is 5.97 Å². The van der Waals surface area contributed by atoms with Gasteiger partial charge in [-0.3, -0.25) is 4.79 Å². The zero-order chi connectivity index (χ0) is 9.90. The van der Waals surface area contributed by atoms with Crippen LogP contribution < -0.4 is 5.32 Å². The van der Waals surface area contributed by atoms with Gasteiger partial charge in [0.05, 0.1) is 7.11 Å². The first kappa shape index (κ1) is 10.5. The van der Waals surface area contributed by atoms with Gasteiger partial charge in [-0.1, -0.05) is 0 Å². The molecule has 76 valence electrons. The molecule has 0 heterocycles. The number of methoxy groups -OCH3 is 1. The SMILES string of the molecule is COC(=O)C(C)NCC1(CO)CC1. The highest BCUT2D eigenvalue weighted by Gasteiger charge is 2.42. The van der Waals surface area contributed by atoms with Crippen LogP contribution >= 0.6 is 0 Å². The first-order valence-electron chi connectivity index (χ1n) is 4.56. The van der Waals surface area contributed by atoms with Crippen molar-refractivity contribution < 1.29 is 14.6 Å². The molecule has 0 amide bonds. The highest BCUT2D eigenvalue weighted by atomic mass is 16.5. The van der Waals surface area contributed by atoms with Crippen molar-refractivity contribution in [3.8, 4) is 0 Å². The first-order valence-corrected chi connectivity index (χ1v) is 4.56. The number of hydrogen-bond donors (Lipinski definition) is 2. The Kier molecular flexibility index (Phi) is 3.27. The summed E-state index contributed by atoms with van der Waals surface area (Å²) in [4.78, 5) is 11.0. The Balaban J connectivity index is 2.22. The maximum absolute atomic E-state index is 11.0. The lowest BCUT2D eigenvalue weighted by Gasteiger charge is -2.16. The number of nitrogens with one attached hydrogen (secondary N) is 1. The molecule has 2 N–H and O–H groups in total. The Morgan fingerprint density at radius 3 is 2.69 bits per heavy atom. The van der Waals surface area contributed by atoms with Crippen molar-refractivity contribution in [3.63, 3.8) is 0 Å². The molecule has 0 bridgehead atoms. The van der Waals surface area contributed by atoms with Crippen LogP contribution in [0.5, 0.6) is 0 Å². The molecule has 0 aromatic carbocycles. The summed E-state index contributed by atoms with van der Waals surface area (Å²) < 4.78 is 4.57. The van der Waals surface area contributed by atoms with Crippen LogP contribution in [0.3, 0.4) is 0 Å². The topological polar surface area (TPSA) is 58.6 Å². The zero-order valence-corrected chi connectivity index (χ0v) is 8.17. The van der Waals surface area contributed by atoms with Gasteiger partial charge >= 0.3 is 5.97 Å². The average molecular weight is 187 g/mol. The third-order valence-corrected chi connectivity index (χ3v) is 2.63. The third kappa shape index (κ3) is 2.67. The molecule has 0 aliphatic heterocycles. The van der Waals surface area contributed by atoms with Gasteiger partial charge in [-0.2, -0.15) is 0 Å². The summed E-state index contributed by atoms with van der Waals surface area (Å²) in [7, 11) is 1.37. The third-order valence-electron chi connectivity index (χ3n) is 2.63. The molecule has 0 aromatic heterocycles. The second-order valence-corrected chi connectivity index (χ2v) is 3.78. The smallest absolute Gasteiger partial charge is 0.322 e. The summed E-state index contributed by atoms with van der Waals surface area (Å²) in [6.07, 6.45) is 2.09. The minimum absolute atomic E-state index is 0.0439. The summed E-state index contributed by atoms with van der Waals surface area (Å²) in [5.41, 5.74) is 0.0439. The number of aliphatic hydroxyl groups excluding tert-OH is 1. The molecule has 0 saturated heterocycles. The lowest BCUT2D eigenvalue weighted by molar-refractivity contribution is -0.142. The number of hydrogen-bond acceptors (Lipinski definition) is 4. The normalized spacial score (nSPS) is 20.8. The fraction of sp³-hybridized carbons (Fsp3) is 0.889. The lowest BCUT2D eigenvalue weighted by Crippen LogP contribution is -2.39. The van der Waals surface area contributed by atoms with E-state index in [2.05, 4.69) is 10.1 Å². The second-order valence-electron chi connectivity index (χ2n) is 3.78.